The van der Waals surface area contributed by atoms with Gasteiger partial charge in [0.05, 0.1) is 0 Å². The Morgan fingerprint density at radius 3 is 2.50 bits per heavy atom. The first-order valence-electron chi connectivity index (χ1n) is 7.63. The molecule has 106 valence electrons. The maximum absolute atomic E-state index is 12.2. The van der Waals surface area contributed by atoms with Crippen molar-refractivity contribution in [3.63, 3.8) is 0 Å². The lowest BCUT2D eigenvalue weighted by Crippen LogP contribution is -2.33. The minimum Gasteiger partial charge on any atom is -0.381 e. The van der Waals surface area contributed by atoms with Crippen LogP contribution in [0.1, 0.15) is 58.8 Å². The molecule has 0 N–H and O–H groups in total. The molecule has 0 atom stereocenters. The van der Waals surface area contributed by atoms with Crippen LogP contribution in [-0.2, 0) is 9.53 Å². The second-order valence-corrected chi connectivity index (χ2v) is 5.33. The molecule has 1 fully saturated rings. The van der Waals surface area contributed by atoms with Crippen molar-refractivity contribution >= 4 is 5.91 Å². The molecule has 1 aliphatic rings. The molecule has 3 heteroatoms. The lowest BCUT2D eigenvalue weighted by Gasteiger charge is -2.25. The zero-order chi connectivity index (χ0) is 13.2. The summed E-state index contributed by atoms with van der Waals surface area (Å²) in [4.78, 5) is 14.2. The zero-order valence-corrected chi connectivity index (χ0v) is 12.1. The highest BCUT2D eigenvalue weighted by molar-refractivity contribution is 5.76. The molecule has 0 radical (unpaired) electrons. The van der Waals surface area contributed by atoms with E-state index in [2.05, 4.69) is 18.7 Å². The fourth-order valence-electron chi connectivity index (χ4n) is 2.50. The minimum absolute atomic E-state index is 0.358. The van der Waals surface area contributed by atoms with Crippen LogP contribution in [0.25, 0.3) is 0 Å². The van der Waals surface area contributed by atoms with Crippen molar-refractivity contribution < 1.29 is 9.53 Å². The largest absolute Gasteiger partial charge is 0.381 e. The first-order chi connectivity index (χ1) is 8.77. The SMILES string of the molecule is CCCCN(CCC)C(=O)CCC1CCOCC1. The molecule has 3 nitrogen and oxygen atoms in total. The Morgan fingerprint density at radius 1 is 1.17 bits per heavy atom. The molecule has 1 aliphatic heterocycles. The molecule has 0 bridgehead atoms. The molecule has 0 aromatic rings. The molecule has 0 unspecified atom stereocenters. The van der Waals surface area contributed by atoms with Gasteiger partial charge in [-0.25, -0.2) is 0 Å². The topological polar surface area (TPSA) is 29.5 Å². The standard InChI is InChI=1S/C15H29NO2/c1-3-5-11-16(10-4-2)15(17)7-6-14-8-12-18-13-9-14/h14H,3-13H2,1-2H3. The van der Waals surface area contributed by atoms with Crippen LogP contribution < -0.4 is 0 Å². The molecule has 1 rings (SSSR count). The number of amides is 1. The Hall–Kier alpha value is -0.570. The van der Waals surface area contributed by atoms with E-state index in [-0.39, 0.29) is 0 Å². The second-order valence-electron chi connectivity index (χ2n) is 5.33. The van der Waals surface area contributed by atoms with Crippen molar-refractivity contribution in [3.8, 4) is 0 Å². The summed E-state index contributed by atoms with van der Waals surface area (Å²) in [5.41, 5.74) is 0. The molecule has 18 heavy (non-hydrogen) atoms. The highest BCUT2D eigenvalue weighted by atomic mass is 16.5. The lowest BCUT2D eigenvalue weighted by molar-refractivity contribution is -0.131. The molecule has 1 amide bonds. The molecule has 0 aliphatic carbocycles. The van der Waals surface area contributed by atoms with E-state index in [9.17, 15) is 4.79 Å². The monoisotopic (exact) mass is 255 g/mol. The molecule has 0 spiro atoms. The molecular weight excluding hydrogens is 226 g/mol. The van der Waals surface area contributed by atoms with Gasteiger partial charge in [0, 0.05) is 32.7 Å². The molecule has 1 heterocycles. The fraction of sp³-hybridized carbons (Fsp3) is 0.933. The predicted molar refractivity (Wildman–Crippen MR) is 74.6 cm³/mol. The predicted octanol–water partition coefficient (Wildman–Crippen LogP) is 3.23. The third kappa shape index (κ3) is 5.85. The molecule has 0 aromatic carbocycles. The van der Waals surface area contributed by atoms with Gasteiger partial charge in [-0.1, -0.05) is 20.3 Å². The van der Waals surface area contributed by atoms with Gasteiger partial charge in [-0.05, 0) is 38.0 Å². The third-order valence-corrected chi connectivity index (χ3v) is 3.74. The summed E-state index contributed by atoms with van der Waals surface area (Å²) in [7, 11) is 0. The fourth-order valence-corrected chi connectivity index (χ4v) is 2.50. The third-order valence-electron chi connectivity index (χ3n) is 3.74. The highest BCUT2D eigenvalue weighted by Gasteiger charge is 2.17. The first kappa shape index (κ1) is 15.5. The number of ether oxygens (including phenoxy) is 1. The Bertz CT molecular complexity index is 225. The van der Waals surface area contributed by atoms with Crippen LogP contribution in [0.5, 0.6) is 0 Å². The lowest BCUT2D eigenvalue weighted by atomic mass is 9.94. The summed E-state index contributed by atoms with van der Waals surface area (Å²) < 4.78 is 5.35. The van der Waals surface area contributed by atoms with E-state index in [0.717, 1.165) is 71.2 Å². The van der Waals surface area contributed by atoms with Crippen LogP contribution in [0.15, 0.2) is 0 Å². The maximum atomic E-state index is 12.2. The number of carbonyl (C=O) groups is 1. The summed E-state index contributed by atoms with van der Waals surface area (Å²) in [6, 6.07) is 0. The van der Waals surface area contributed by atoms with E-state index >= 15 is 0 Å². The zero-order valence-electron chi connectivity index (χ0n) is 12.1. The van der Waals surface area contributed by atoms with Gasteiger partial charge in [0.25, 0.3) is 0 Å². The number of nitrogens with zero attached hydrogens (tertiary/aromatic N) is 1. The Kier molecular flexibility index (Phi) is 8.06. The summed E-state index contributed by atoms with van der Waals surface area (Å²) in [6.45, 7) is 7.95. The quantitative estimate of drug-likeness (QED) is 0.666. The van der Waals surface area contributed by atoms with Crippen LogP contribution in [-0.4, -0.2) is 37.1 Å². The Balaban J connectivity index is 2.26. The first-order valence-corrected chi connectivity index (χ1v) is 7.63. The van der Waals surface area contributed by atoms with E-state index in [1.165, 1.54) is 0 Å². The van der Waals surface area contributed by atoms with Gasteiger partial charge in [-0.2, -0.15) is 0 Å². The van der Waals surface area contributed by atoms with Crippen LogP contribution in [0, 0.1) is 5.92 Å². The van der Waals surface area contributed by atoms with E-state index in [4.69, 9.17) is 4.74 Å². The number of hydrogen-bond donors (Lipinski definition) is 0. The van der Waals surface area contributed by atoms with Crippen LogP contribution in [0.2, 0.25) is 0 Å². The summed E-state index contributed by atoms with van der Waals surface area (Å²) >= 11 is 0. The van der Waals surface area contributed by atoms with Gasteiger partial charge in [0.1, 0.15) is 0 Å². The number of unbranched alkanes of at least 4 members (excludes halogenated alkanes) is 1. The van der Waals surface area contributed by atoms with Gasteiger partial charge in [-0.3, -0.25) is 4.79 Å². The van der Waals surface area contributed by atoms with E-state index in [1.807, 2.05) is 0 Å². The highest BCUT2D eigenvalue weighted by Crippen LogP contribution is 2.20. The van der Waals surface area contributed by atoms with E-state index in [0.29, 0.717) is 11.8 Å². The van der Waals surface area contributed by atoms with Crippen LogP contribution in [0.4, 0.5) is 0 Å². The smallest absolute Gasteiger partial charge is 0.222 e. The summed E-state index contributed by atoms with van der Waals surface area (Å²) in [5.74, 6) is 1.06. The van der Waals surface area contributed by atoms with Crippen molar-refractivity contribution in [1.29, 1.82) is 0 Å². The number of rotatable bonds is 8. The molecule has 1 saturated heterocycles. The second kappa shape index (κ2) is 9.37. The normalized spacial score (nSPS) is 16.8. The van der Waals surface area contributed by atoms with Gasteiger partial charge in [0.2, 0.25) is 5.91 Å². The average molecular weight is 255 g/mol. The van der Waals surface area contributed by atoms with Crippen LogP contribution >= 0.6 is 0 Å². The van der Waals surface area contributed by atoms with Crippen LogP contribution in [0.3, 0.4) is 0 Å². The van der Waals surface area contributed by atoms with E-state index in [1.54, 1.807) is 0 Å². The summed E-state index contributed by atoms with van der Waals surface area (Å²) in [6.07, 6.45) is 7.40. The molecular formula is C15H29NO2. The van der Waals surface area contributed by atoms with Gasteiger partial charge < -0.3 is 9.64 Å². The van der Waals surface area contributed by atoms with Crippen molar-refractivity contribution in [2.24, 2.45) is 5.92 Å². The molecule has 0 saturated carbocycles. The van der Waals surface area contributed by atoms with Gasteiger partial charge in [0.15, 0.2) is 0 Å². The number of hydrogen-bond acceptors (Lipinski definition) is 2. The van der Waals surface area contributed by atoms with Crippen molar-refractivity contribution in [2.45, 2.75) is 58.8 Å². The minimum atomic E-state index is 0.358. The maximum Gasteiger partial charge on any atom is 0.222 e. The molecule has 0 aromatic heterocycles. The van der Waals surface area contributed by atoms with E-state index < -0.39 is 0 Å². The van der Waals surface area contributed by atoms with Crippen molar-refractivity contribution in [2.75, 3.05) is 26.3 Å². The van der Waals surface area contributed by atoms with Gasteiger partial charge >= 0.3 is 0 Å². The van der Waals surface area contributed by atoms with Gasteiger partial charge in [-0.15, -0.1) is 0 Å². The Labute approximate surface area is 112 Å². The van der Waals surface area contributed by atoms with Crippen molar-refractivity contribution in [1.82, 2.24) is 4.90 Å². The summed E-state index contributed by atoms with van der Waals surface area (Å²) in [5, 5.41) is 0. The average Bonchev–Trinajstić information content (AvgIpc) is 2.42. The van der Waals surface area contributed by atoms with Crippen molar-refractivity contribution in [3.05, 3.63) is 0 Å². The number of carbonyl (C=O) groups excluding carboxylic acids is 1. The Morgan fingerprint density at radius 2 is 1.89 bits per heavy atom.